The number of aromatic nitrogens is 1. The summed E-state index contributed by atoms with van der Waals surface area (Å²) in [5.41, 5.74) is 2.83. The van der Waals surface area contributed by atoms with E-state index in [-0.39, 0.29) is 0 Å². The number of likely N-dealkylation sites (tertiary alicyclic amines) is 1. The van der Waals surface area contributed by atoms with Gasteiger partial charge in [0.2, 0.25) is 0 Å². The van der Waals surface area contributed by atoms with Crippen molar-refractivity contribution in [2.24, 2.45) is 21.7 Å². The fourth-order valence-electron chi connectivity index (χ4n) is 3.66. The van der Waals surface area contributed by atoms with E-state index in [0.29, 0.717) is 5.92 Å². The van der Waals surface area contributed by atoms with Gasteiger partial charge in [-0.25, -0.2) is 10.8 Å². The lowest BCUT2D eigenvalue weighted by Crippen LogP contribution is -2.35. The van der Waals surface area contributed by atoms with Crippen molar-refractivity contribution in [3.05, 3.63) is 44.9 Å². The molecule has 26 heavy (non-hydrogen) atoms. The zero-order chi connectivity index (χ0) is 18.1. The quantitative estimate of drug-likeness (QED) is 0.617. The number of nitrogens with two attached hydrogens (primary N) is 1. The van der Waals surface area contributed by atoms with Crippen LogP contribution in [0.1, 0.15) is 23.3 Å². The summed E-state index contributed by atoms with van der Waals surface area (Å²) >= 11 is 7.69. The average Bonchev–Trinajstić information content (AvgIpc) is 3.27. The third-order valence-electron chi connectivity index (χ3n) is 4.95. The molecule has 8 heteroatoms. The van der Waals surface area contributed by atoms with E-state index in [2.05, 4.69) is 32.7 Å². The van der Waals surface area contributed by atoms with Crippen LogP contribution in [0.5, 0.6) is 0 Å². The van der Waals surface area contributed by atoms with Gasteiger partial charge in [-0.05, 0) is 50.8 Å². The highest BCUT2D eigenvalue weighted by atomic mass is 35.5. The third-order valence-corrected chi connectivity index (χ3v) is 6.16. The number of rotatable bonds is 4. The number of thiophene rings is 1. The SMILES string of the molecule is C=N/C(=C1/c2cc[nH]c2N=CN1N)C1CCN(Cc2ccc(Cl)s2)CC1. The first-order chi connectivity index (χ1) is 12.7. The van der Waals surface area contributed by atoms with Crippen LogP contribution in [0.4, 0.5) is 5.82 Å². The number of hydrogen-bond donors (Lipinski definition) is 2. The van der Waals surface area contributed by atoms with E-state index in [1.807, 2.05) is 18.3 Å². The Morgan fingerprint density at radius 2 is 2.19 bits per heavy atom. The van der Waals surface area contributed by atoms with Crippen LogP contribution in [0, 0.1) is 5.92 Å². The highest BCUT2D eigenvalue weighted by Gasteiger charge is 2.28. The first-order valence-corrected chi connectivity index (χ1v) is 9.78. The summed E-state index contributed by atoms with van der Waals surface area (Å²) < 4.78 is 0.849. The first-order valence-electron chi connectivity index (χ1n) is 8.59. The maximum absolute atomic E-state index is 6.17. The van der Waals surface area contributed by atoms with Crippen molar-refractivity contribution in [3.63, 3.8) is 0 Å². The number of piperidine rings is 1. The molecule has 0 amide bonds. The monoisotopic (exact) mass is 388 g/mol. The second kappa shape index (κ2) is 7.36. The molecule has 2 aliphatic rings. The van der Waals surface area contributed by atoms with Crippen LogP contribution in [-0.2, 0) is 6.54 Å². The molecular weight excluding hydrogens is 368 g/mol. The molecule has 2 aliphatic heterocycles. The van der Waals surface area contributed by atoms with E-state index in [1.165, 1.54) is 4.88 Å². The van der Waals surface area contributed by atoms with Crippen molar-refractivity contribution in [2.75, 3.05) is 13.1 Å². The molecule has 0 radical (unpaired) electrons. The highest BCUT2D eigenvalue weighted by molar-refractivity contribution is 7.16. The highest BCUT2D eigenvalue weighted by Crippen LogP contribution is 2.37. The predicted octanol–water partition coefficient (Wildman–Crippen LogP) is 3.86. The lowest BCUT2D eigenvalue weighted by atomic mass is 9.91. The van der Waals surface area contributed by atoms with Crippen LogP contribution in [-0.4, -0.2) is 41.0 Å². The van der Waals surface area contributed by atoms with Crippen LogP contribution in [0.3, 0.4) is 0 Å². The number of nitrogens with zero attached hydrogens (tertiary/aromatic N) is 4. The summed E-state index contributed by atoms with van der Waals surface area (Å²) in [5, 5.41) is 1.56. The second-order valence-corrected chi connectivity index (χ2v) is 8.34. The predicted molar refractivity (Wildman–Crippen MR) is 109 cm³/mol. The first kappa shape index (κ1) is 17.5. The molecule has 136 valence electrons. The molecule has 4 rings (SSSR count). The fraction of sp³-hybridized carbons (Fsp3) is 0.333. The number of aromatic amines is 1. The van der Waals surface area contributed by atoms with Crippen LogP contribution < -0.4 is 5.84 Å². The Morgan fingerprint density at radius 3 is 2.88 bits per heavy atom. The van der Waals surface area contributed by atoms with E-state index in [9.17, 15) is 0 Å². The van der Waals surface area contributed by atoms with Gasteiger partial charge in [-0.15, -0.1) is 11.3 Å². The summed E-state index contributed by atoms with van der Waals surface area (Å²) in [4.78, 5) is 15.6. The molecule has 0 aromatic carbocycles. The second-order valence-electron chi connectivity index (χ2n) is 6.54. The average molecular weight is 389 g/mol. The molecule has 1 fully saturated rings. The maximum Gasteiger partial charge on any atom is 0.141 e. The Kier molecular flexibility index (Phi) is 4.95. The lowest BCUT2D eigenvalue weighted by molar-refractivity contribution is 0.192. The molecular formula is C18H21ClN6S. The summed E-state index contributed by atoms with van der Waals surface area (Å²) in [6.07, 6.45) is 5.55. The van der Waals surface area contributed by atoms with E-state index in [1.54, 1.807) is 22.7 Å². The van der Waals surface area contributed by atoms with Gasteiger partial charge in [0.05, 0.1) is 15.7 Å². The number of nitrogens with one attached hydrogen (secondary N) is 1. The molecule has 1 saturated heterocycles. The number of H-pyrrole nitrogens is 1. The Hall–Kier alpha value is -1.93. The van der Waals surface area contributed by atoms with Crippen LogP contribution in [0.2, 0.25) is 4.34 Å². The van der Waals surface area contributed by atoms with Gasteiger partial charge >= 0.3 is 0 Å². The molecule has 6 nitrogen and oxygen atoms in total. The number of hydrazine groups is 1. The van der Waals surface area contributed by atoms with Crippen LogP contribution in [0.15, 0.2) is 40.1 Å². The number of allylic oxidation sites excluding steroid dienone is 1. The number of hydrogen-bond acceptors (Lipinski definition) is 6. The van der Waals surface area contributed by atoms with Gasteiger partial charge in [-0.2, -0.15) is 0 Å². The lowest BCUT2D eigenvalue weighted by Gasteiger charge is -2.33. The van der Waals surface area contributed by atoms with Crippen LogP contribution in [0.25, 0.3) is 5.70 Å². The van der Waals surface area contributed by atoms with Crippen molar-refractivity contribution in [1.29, 1.82) is 0 Å². The molecule has 4 heterocycles. The Balaban J connectivity index is 1.51. The minimum atomic E-state index is 0.339. The van der Waals surface area contributed by atoms with Crippen molar-refractivity contribution in [3.8, 4) is 0 Å². The van der Waals surface area contributed by atoms with E-state index >= 15 is 0 Å². The Bertz CT molecular complexity index is 859. The zero-order valence-corrected chi connectivity index (χ0v) is 15.9. The molecule has 0 bridgehead atoms. The minimum Gasteiger partial charge on any atom is -0.346 e. The number of fused-ring (bicyclic) bond motifs is 1. The van der Waals surface area contributed by atoms with Crippen molar-refractivity contribution < 1.29 is 0 Å². The van der Waals surface area contributed by atoms with Gasteiger partial charge in [-0.3, -0.25) is 14.9 Å². The van der Waals surface area contributed by atoms with E-state index < -0.39 is 0 Å². The van der Waals surface area contributed by atoms with Crippen LogP contribution >= 0.6 is 22.9 Å². The van der Waals surface area contributed by atoms with Crippen molar-refractivity contribution in [2.45, 2.75) is 19.4 Å². The summed E-state index contributed by atoms with van der Waals surface area (Å²) in [6.45, 7) is 6.81. The molecule has 0 saturated carbocycles. The largest absolute Gasteiger partial charge is 0.346 e. The molecule has 0 spiro atoms. The minimum absolute atomic E-state index is 0.339. The Labute approximate surface area is 161 Å². The molecule has 2 aromatic rings. The topological polar surface area (TPSA) is 73.0 Å². The molecule has 3 N–H and O–H groups in total. The zero-order valence-electron chi connectivity index (χ0n) is 14.4. The van der Waals surface area contributed by atoms with Gasteiger partial charge < -0.3 is 4.98 Å². The normalized spacial score (nSPS) is 20.3. The maximum atomic E-state index is 6.17. The Morgan fingerprint density at radius 1 is 1.38 bits per heavy atom. The van der Waals surface area contributed by atoms with Crippen molar-refractivity contribution >= 4 is 47.5 Å². The van der Waals surface area contributed by atoms with Gasteiger partial charge in [0.15, 0.2) is 0 Å². The molecule has 0 aliphatic carbocycles. The molecule has 0 unspecified atom stereocenters. The molecule has 0 atom stereocenters. The van der Waals surface area contributed by atoms with E-state index in [0.717, 1.165) is 59.6 Å². The third kappa shape index (κ3) is 3.35. The number of aliphatic imine (C=N–C) groups is 2. The summed E-state index contributed by atoms with van der Waals surface area (Å²) in [7, 11) is 0. The van der Waals surface area contributed by atoms with Crippen molar-refractivity contribution in [1.82, 2.24) is 14.9 Å². The smallest absolute Gasteiger partial charge is 0.141 e. The summed E-state index contributed by atoms with van der Waals surface area (Å²) in [6, 6.07) is 6.06. The standard InChI is InChI=1S/C18H21ClN6S/c1-21-16(17-14-4-7-22-18(14)23-11-25(17)20)12-5-8-24(9-6-12)10-13-2-3-15(19)26-13/h2-4,7,11-12,22H,1,5-6,8-10,20H2/b17-16-. The van der Waals surface area contributed by atoms with Gasteiger partial charge in [0, 0.05) is 29.1 Å². The molecule has 2 aromatic heterocycles. The van der Waals surface area contributed by atoms with E-state index in [4.69, 9.17) is 17.4 Å². The number of halogens is 1. The van der Waals surface area contributed by atoms with Gasteiger partial charge in [0.1, 0.15) is 12.2 Å². The summed E-state index contributed by atoms with van der Waals surface area (Å²) in [5.74, 6) is 7.32. The van der Waals surface area contributed by atoms with Gasteiger partial charge in [-0.1, -0.05) is 11.6 Å². The van der Waals surface area contributed by atoms with Gasteiger partial charge in [0.25, 0.3) is 0 Å². The fourth-order valence-corrected chi connectivity index (χ4v) is 4.79.